The molecule has 1 aromatic carbocycles. The first-order valence-electron chi connectivity index (χ1n) is 7.31. The van der Waals surface area contributed by atoms with Crippen LogP contribution in [0.4, 0.5) is 0 Å². The second kappa shape index (κ2) is 5.44. The zero-order valence-electron chi connectivity index (χ0n) is 11.8. The molecule has 2 unspecified atom stereocenters. The van der Waals surface area contributed by atoms with E-state index in [1.807, 2.05) is 6.07 Å². The molecule has 0 spiro atoms. The summed E-state index contributed by atoms with van der Waals surface area (Å²) in [7, 11) is 2.17. The van der Waals surface area contributed by atoms with E-state index in [1.54, 1.807) is 18.2 Å². The van der Waals surface area contributed by atoms with Crippen molar-refractivity contribution in [3.05, 3.63) is 29.8 Å². The van der Waals surface area contributed by atoms with Crippen LogP contribution in [0.25, 0.3) is 0 Å². The summed E-state index contributed by atoms with van der Waals surface area (Å²) in [6.45, 7) is 0. The molecule has 2 saturated heterocycles. The Labute approximate surface area is 119 Å². The first kappa shape index (κ1) is 13.4. The van der Waals surface area contributed by atoms with Crippen LogP contribution in [0.3, 0.4) is 0 Å². The predicted molar refractivity (Wildman–Crippen MR) is 75.5 cm³/mol. The molecule has 2 aliphatic heterocycles. The number of fused-ring (bicyclic) bond motifs is 2. The lowest BCUT2D eigenvalue weighted by Crippen LogP contribution is -2.43. The molecule has 2 fully saturated rings. The topological polar surface area (TPSA) is 49.8 Å². The Kier molecular flexibility index (Phi) is 3.66. The molecule has 4 nitrogen and oxygen atoms in total. The number of aromatic hydroxyl groups is 1. The van der Waals surface area contributed by atoms with Crippen LogP contribution < -0.4 is 0 Å². The highest BCUT2D eigenvalue weighted by molar-refractivity contribution is 5.72. The van der Waals surface area contributed by atoms with Gasteiger partial charge in [-0.25, -0.2) is 0 Å². The number of ether oxygens (including phenoxy) is 1. The maximum atomic E-state index is 12.0. The number of phenols is 1. The van der Waals surface area contributed by atoms with Gasteiger partial charge in [-0.2, -0.15) is 0 Å². The fraction of sp³-hybridized carbons (Fsp3) is 0.562. The Balaban J connectivity index is 1.55. The Hall–Kier alpha value is -1.55. The molecule has 108 valence electrons. The van der Waals surface area contributed by atoms with Crippen LogP contribution in [0.5, 0.6) is 5.75 Å². The zero-order valence-corrected chi connectivity index (χ0v) is 11.8. The minimum atomic E-state index is -0.190. The second-order valence-electron chi connectivity index (χ2n) is 5.98. The summed E-state index contributed by atoms with van der Waals surface area (Å²) in [5, 5.41) is 9.40. The van der Waals surface area contributed by atoms with E-state index in [4.69, 9.17) is 4.74 Å². The first-order chi connectivity index (χ1) is 9.61. The molecule has 0 aliphatic carbocycles. The van der Waals surface area contributed by atoms with Gasteiger partial charge in [0.1, 0.15) is 11.9 Å². The van der Waals surface area contributed by atoms with Gasteiger partial charge >= 0.3 is 5.97 Å². The van der Waals surface area contributed by atoms with Crippen molar-refractivity contribution in [2.45, 2.75) is 50.3 Å². The number of rotatable bonds is 3. The van der Waals surface area contributed by atoms with Crippen molar-refractivity contribution < 1.29 is 14.6 Å². The molecule has 0 amide bonds. The van der Waals surface area contributed by atoms with Crippen LogP contribution in [0.15, 0.2) is 24.3 Å². The van der Waals surface area contributed by atoms with Crippen LogP contribution >= 0.6 is 0 Å². The van der Waals surface area contributed by atoms with Crippen molar-refractivity contribution in [3.8, 4) is 5.75 Å². The Morgan fingerprint density at radius 1 is 1.35 bits per heavy atom. The minimum Gasteiger partial charge on any atom is -0.508 e. The van der Waals surface area contributed by atoms with Gasteiger partial charge in [-0.05, 0) is 50.4 Å². The molecule has 3 rings (SSSR count). The molecule has 1 N–H and O–H groups in total. The van der Waals surface area contributed by atoms with Gasteiger partial charge in [0.05, 0.1) is 6.42 Å². The van der Waals surface area contributed by atoms with E-state index < -0.39 is 0 Å². The van der Waals surface area contributed by atoms with E-state index in [-0.39, 0.29) is 24.2 Å². The third-order valence-electron chi connectivity index (χ3n) is 4.61. The number of carbonyl (C=O) groups excluding carboxylic acids is 1. The predicted octanol–water partition coefficient (Wildman–Crippen LogP) is 2.10. The molecule has 1 aromatic rings. The molecule has 20 heavy (non-hydrogen) atoms. The third-order valence-corrected chi connectivity index (χ3v) is 4.61. The summed E-state index contributed by atoms with van der Waals surface area (Å²) in [4.78, 5) is 14.4. The van der Waals surface area contributed by atoms with Crippen LogP contribution in [0.1, 0.15) is 31.2 Å². The van der Waals surface area contributed by atoms with Crippen molar-refractivity contribution >= 4 is 5.97 Å². The summed E-state index contributed by atoms with van der Waals surface area (Å²) in [5.74, 6) is -0.00260. The number of carbonyl (C=O) groups is 1. The molecule has 0 saturated carbocycles. The normalized spacial score (nSPS) is 29.4. The maximum absolute atomic E-state index is 12.0. The Bertz CT molecular complexity index is 488. The summed E-state index contributed by atoms with van der Waals surface area (Å²) in [6.07, 6.45) is 4.66. The van der Waals surface area contributed by atoms with Crippen molar-refractivity contribution in [3.63, 3.8) is 0 Å². The number of benzene rings is 1. The zero-order chi connectivity index (χ0) is 14.1. The van der Waals surface area contributed by atoms with Crippen LogP contribution in [-0.4, -0.2) is 41.2 Å². The SMILES string of the molecule is CN1C2CCC1CC(OC(=O)Cc1cccc(O)c1)C2. The summed E-state index contributed by atoms with van der Waals surface area (Å²) >= 11 is 0. The lowest BCUT2D eigenvalue weighted by atomic mass is 10.0. The molecule has 2 bridgehead atoms. The maximum Gasteiger partial charge on any atom is 0.310 e. The molecule has 0 radical (unpaired) electrons. The number of hydrogen-bond acceptors (Lipinski definition) is 4. The molecule has 0 aromatic heterocycles. The highest BCUT2D eigenvalue weighted by Crippen LogP contribution is 2.35. The van der Waals surface area contributed by atoms with E-state index in [0.29, 0.717) is 12.1 Å². The fourth-order valence-electron chi connectivity index (χ4n) is 3.52. The van der Waals surface area contributed by atoms with Gasteiger partial charge < -0.3 is 14.7 Å². The lowest BCUT2D eigenvalue weighted by Gasteiger charge is -2.35. The Morgan fingerprint density at radius 2 is 2.05 bits per heavy atom. The number of nitrogens with zero attached hydrogens (tertiary/aromatic N) is 1. The molecule has 2 aliphatic rings. The summed E-state index contributed by atoms with van der Waals surface area (Å²) in [6, 6.07) is 7.94. The van der Waals surface area contributed by atoms with E-state index in [1.165, 1.54) is 12.8 Å². The highest BCUT2D eigenvalue weighted by Gasteiger charge is 2.39. The van der Waals surface area contributed by atoms with E-state index >= 15 is 0 Å². The second-order valence-corrected chi connectivity index (χ2v) is 5.98. The van der Waals surface area contributed by atoms with E-state index in [0.717, 1.165) is 18.4 Å². The molecular weight excluding hydrogens is 254 g/mol. The number of esters is 1. The number of phenolic OH excluding ortho intramolecular Hbond substituents is 1. The third kappa shape index (κ3) is 2.80. The molecule has 2 atom stereocenters. The molecule has 2 heterocycles. The fourth-order valence-corrected chi connectivity index (χ4v) is 3.52. The molecular formula is C16H21NO3. The average molecular weight is 275 g/mol. The number of piperidine rings is 1. The van der Waals surface area contributed by atoms with Gasteiger partial charge in [0.15, 0.2) is 0 Å². The van der Waals surface area contributed by atoms with Gasteiger partial charge in [0, 0.05) is 12.1 Å². The molecule has 4 heteroatoms. The van der Waals surface area contributed by atoms with Gasteiger partial charge in [-0.1, -0.05) is 12.1 Å². The van der Waals surface area contributed by atoms with Crippen LogP contribution in [0, 0.1) is 0 Å². The van der Waals surface area contributed by atoms with Crippen molar-refractivity contribution in [2.75, 3.05) is 7.05 Å². The standard InChI is InChI=1S/C16H21NO3/c1-17-12-5-6-13(17)10-15(9-12)20-16(19)8-11-3-2-4-14(18)7-11/h2-4,7,12-13,15,18H,5-6,8-10H2,1H3. The lowest BCUT2D eigenvalue weighted by molar-refractivity contribution is -0.151. The minimum absolute atomic E-state index is 0.0634. The summed E-state index contributed by atoms with van der Waals surface area (Å²) < 4.78 is 5.62. The van der Waals surface area contributed by atoms with Crippen molar-refractivity contribution in [1.29, 1.82) is 0 Å². The highest BCUT2D eigenvalue weighted by atomic mass is 16.5. The summed E-state index contributed by atoms with van der Waals surface area (Å²) in [5.41, 5.74) is 0.797. The number of hydrogen-bond donors (Lipinski definition) is 1. The first-order valence-corrected chi connectivity index (χ1v) is 7.31. The Morgan fingerprint density at radius 3 is 2.70 bits per heavy atom. The average Bonchev–Trinajstić information content (AvgIpc) is 2.61. The largest absolute Gasteiger partial charge is 0.508 e. The van der Waals surface area contributed by atoms with Gasteiger partial charge in [-0.3, -0.25) is 4.79 Å². The monoisotopic (exact) mass is 275 g/mol. The van der Waals surface area contributed by atoms with E-state index in [9.17, 15) is 9.90 Å². The van der Waals surface area contributed by atoms with Crippen molar-refractivity contribution in [1.82, 2.24) is 4.90 Å². The van der Waals surface area contributed by atoms with Crippen LogP contribution in [0.2, 0.25) is 0 Å². The van der Waals surface area contributed by atoms with Gasteiger partial charge in [-0.15, -0.1) is 0 Å². The van der Waals surface area contributed by atoms with E-state index in [2.05, 4.69) is 11.9 Å². The van der Waals surface area contributed by atoms with Gasteiger partial charge in [0.2, 0.25) is 0 Å². The quantitative estimate of drug-likeness (QED) is 0.858. The van der Waals surface area contributed by atoms with Crippen LogP contribution in [-0.2, 0) is 16.0 Å². The van der Waals surface area contributed by atoms with Gasteiger partial charge in [0.25, 0.3) is 0 Å². The smallest absolute Gasteiger partial charge is 0.310 e. The van der Waals surface area contributed by atoms with Crippen molar-refractivity contribution in [2.24, 2.45) is 0 Å².